The van der Waals surface area contributed by atoms with Crippen molar-refractivity contribution < 1.29 is 0 Å². The lowest BCUT2D eigenvalue weighted by molar-refractivity contribution is 0.899. The van der Waals surface area contributed by atoms with E-state index in [1.165, 1.54) is 5.56 Å². The van der Waals surface area contributed by atoms with Crippen molar-refractivity contribution in [2.24, 2.45) is 0 Å². The van der Waals surface area contributed by atoms with E-state index in [0.29, 0.717) is 11.4 Å². The molecule has 5 heteroatoms. The molecule has 3 rings (SSSR count). The van der Waals surface area contributed by atoms with Gasteiger partial charge < -0.3 is 0 Å². The average Bonchev–Trinajstić information content (AvgIpc) is 2.95. The molecular weight excluding hydrogens is 320 g/mol. The Kier molecular flexibility index (Phi) is 4.55. The average molecular weight is 339 g/mol. The SMILES string of the molecule is CCc1nc2c(C)c(C#N)c(C)nc2n1-c1ccc(CCCl)cc1. The van der Waals surface area contributed by atoms with Crippen LogP contribution in [0.3, 0.4) is 0 Å². The number of benzene rings is 1. The summed E-state index contributed by atoms with van der Waals surface area (Å²) >= 11 is 5.81. The number of hydrogen-bond acceptors (Lipinski definition) is 3. The number of rotatable bonds is 4. The Hall–Kier alpha value is -2.38. The number of pyridine rings is 1. The molecule has 0 radical (unpaired) electrons. The second kappa shape index (κ2) is 6.62. The van der Waals surface area contributed by atoms with E-state index in [2.05, 4.69) is 46.8 Å². The molecule has 24 heavy (non-hydrogen) atoms. The number of halogens is 1. The highest BCUT2D eigenvalue weighted by Crippen LogP contribution is 2.26. The molecule has 0 fully saturated rings. The van der Waals surface area contributed by atoms with E-state index < -0.39 is 0 Å². The predicted octanol–water partition coefficient (Wildman–Crippen LogP) is 4.25. The van der Waals surface area contributed by atoms with Crippen LogP contribution in [0.4, 0.5) is 0 Å². The third-order valence-corrected chi connectivity index (χ3v) is 4.48. The number of imidazole rings is 1. The van der Waals surface area contributed by atoms with Crippen LogP contribution in [0.2, 0.25) is 0 Å². The van der Waals surface area contributed by atoms with E-state index in [1.54, 1.807) is 0 Å². The Labute approximate surface area is 146 Å². The molecule has 0 atom stereocenters. The summed E-state index contributed by atoms with van der Waals surface area (Å²) in [4.78, 5) is 9.41. The number of fused-ring (bicyclic) bond motifs is 1. The van der Waals surface area contributed by atoms with Crippen molar-refractivity contribution >= 4 is 22.8 Å². The van der Waals surface area contributed by atoms with Gasteiger partial charge in [-0.25, -0.2) is 9.97 Å². The van der Waals surface area contributed by atoms with E-state index in [1.807, 2.05) is 13.8 Å². The fourth-order valence-corrected chi connectivity index (χ4v) is 3.23. The lowest BCUT2D eigenvalue weighted by Gasteiger charge is -2.09. The van der Waals surface area contributed by atoms with Crippen molar-refractivity contribution in [3.05, 3.63) is 52.5 Å². The van der Waals surface area contributed by atoms with Crippen LogP contribution >= 0.6 is 11.6 Å². The molecule has 3 aromatic rings. The van der Waals surface area contributed by atoms with Crippen molar-refractivity contribution in [3.63, 3.8) is 0 Å². The summed E-state index contributed by atoms with van der Waals surface area (Å²) in [6.07, 6.45) is 1.65. The van der Waals surface area contributed by atoms with Gasteiger partial charge in [-0.3, -0.25) is 4.57 Å². The van der Waals surface area contributed by atoms with Gasteiger partial charge in [0.2, 0.25) is 0 Å². The Morgan fingerprint density at radius 1 is 1.17 bits per heavy atom. The molecule has 4 nitrogen and oxygen atoms in total. The number of aromatic nitrogens is 3. The third-order valence-electron chi connectivity index (χ3n) is 4.29. The molecule has 0 N–H and O–H groups in total. The van der Waals surface area contributed by atoms with Crippen molar-refractivity contribution in [1.82, 2.24) is 14.5 Å². The van der Waals surface area contributed by atoms with Crippen LogP contribution in [0.5, 0.6) is 0 Å². The van der Waals surface area contributed by atoms with E-state index in [4.69, 9.17) is 16.6 Å². The van der Waals surface area contributed by atoms with Gasteiger partial charge in [0.1, 0.15) is 17.4 Å². The van der Waals surface area contributed by atoms with E-state index in [9.17, 15) is 5.26 Å². The van der Waals surface area contributed by atoms with E-state index >= 15 is 0 Å². The van der Waals surface area contributed by atoms with Crippen molar-refractivity contribution in [3.8, 4) is 11.8 Å². The maximum absolute atomic E-state index is 9.35. The molecule has 0 aliphatic carbocycles. The Morgan fingerprint density at radius 2 is 1.88 bits per heavy atom. The molecule has 0 saturated heterocycles. The zero-order valence-corrected chi connectivity index (χ0v) is 14.9. The molecule has 2 aromatic heterocycles. The number of alkyl halides is 1. The molecule has 1 aromatic carbocycles. The molecule has 0 unspecified atom stereocenters. The lowest BCUT2D eigenvalue weighted by atomic mass is 10.1. The van der Waals surface area contributed by atoms with Crippen LogP contribution in [0, 0.1) is 25.2 Å². The summed E-state index contributed by atoms with van der Waals surface area (Å²) in [5.41, 5.74) is 6.11. The highest BCUT2D eigenvalue weighted by Gasteiger charge is 2.18. The highest BCUT2D eigenvalue weighted by molar-refractivity contribution is 6.17. The Bertz CT molecular complexity index is 933. The van der Waals surface area contributed by atoms with Crippen LogP contribution < -0.4 is 0 Å². The smallest absolute Gasteiger partial charge is 0.165 e. The van der Waals surface area contributed by atoms with Crippen molar-refractivity contribution in [2.45, 2.75) is 33.6 Å². The first-order chi connectivity index (χ1) is 11.6. The first kappa shape index (κ1) is 16.5. The van der Waals surface area contributed by atoms with Gasteiger partial charge in [0.15, 0.2) is 5.65 Å². The van der Waals surface area contributed by atoms with Crippen molar-refractivity contribution in [1.29, 1.82) is 5.26 Å². The molecule has 0 amide bonds. The minimum Gasteiger partial charge on any atom is -0.281 e. The molecular formula is C19H19ClN4. The second-order valence-electron chi connectivity index (χ2n) is 5.80. The van der Waals surface area contributed by atoms with Crippen LogP contribution in [0.15, 0.2) is 24.3 Å². The van der Waals surface area contributed by atoms with Crippen LogP contribution in [-0.2, 0) is 12.8 Å². The first-order valence-corrected chi connectivity index (χ1v) is 8.58. The third kappa shape index (κ3) is 2.65. The van der Waals surface area contributed by atoms with E-state index in [0.717, 1.165) is 46.8 Å². The summed E-state index contributed by atoms with van der Waals surface area (Å²) in [5.74, 6) is 1.56. The summed E-state index contributed by atoms with van der Waals surface area (Å²) in [7, 11) is 0. The van der Waals surface area contributed by atoms with Gasteiger partial charge in [-0.05, 0) is 43.5 Å². The zero-order chi connectivity index (χ0) is 17.3. The number of hydrogen-bond donors (Lipinski definition) is 0. The van der Waals surface area contributed by atoms with Crippen molar-refractivity contribution in [2.75, 3.05) is 5.88 Å². The molecule has 0 bridgehead atoms. The monoisotopic (exact) mass is 338 g/mol. The lowest BCUT2D eigenvalue weighted by Crippen LogP contribution is -2.02. The minimum atomic E-state index is 0.616. The van der Waals surface area contributed by atoms with Crippen LogP contribution in [-0.4, -0.2) is 20.4 Å². The van der Waals surface area contributed by atoms with Gasteiger partial charge in [0.25, 0.3) is 0 Å². The molecule has 122 valence electrons. The van der Waals surface area contributed by atoms with Gasteiger partial charge in [-0.1, -0.05) is 19.1 Å². The van der Waals surface area contributed by atoms with Crippen LogP contribution in [0.25, 0.3) is 16.9 Å². The topological polar surface area (TPSA) is 54.5 Å². The molecule has 0 saturated carbocycles. The number of aryl methyl sites for hydroxylation is 4. The zero-order valence-electron chi connectivity index (χ0n) is 14.1. The van der Waals surface area contributed by atoms with E-state index in [-0.39, 0.29) is 0 Å². The summed E-state index contributed by atoms with van der Waals surface area (Å²) in [6.45, 7) is 5.89. The molecule has 0 aliphatic heterocycles. The van der Waals surface area contributed by atoms with Crippen LogP contribution in [0.1, 0.15) is 35.1 Å². The van der Waals surface area contributed by atoms with Gasteiger partial charge in [0.05, 0.1) is 11.3 Å². The maximum atomic E-state index is 9.35. The largest absolute Gasteiger partial charge is 0.281 e. The fourth-order valence-electron chi connectivity index (χ4n) is 3.01. The van der Waals surface area contributed by atoms with Gasteiger partial charge in [-0.2, -0.15) is 5.26 Å². The normalized spacial score (nSPS) is 11.0. The van der Waals surface area contributed by atoms with Gasteiger partial charge >= 0.3 is 0 Å². The quantitative estimate of drug-likeness (QED) is 0.668. The fraction of sp³-hybridized carbons (Fsp3) is 0.316. The first-order valence-electron chi connectivity index (χ1n) is 8.04. The Morgan fingerprint density at radius 3 is 2.46 bits per heavy atom. The molecule has 0 aliphatic rings. The predicted molar refractivity (Wildman–Crippen MR) is 96.9 cm³/mol. The maximum Gasteiger partial charge on any atom is 0.165 e. The molecule has 2 heterocycles. The second-order valence-corrected chi connectivity index (χ2v) is 6.18. The number of nitrogens with zero attached hydrogens (tertiary/aromatic N) is 4. The summed E-state index contributed by atoms with van der Waals surface area (Å²) in [5, 5.41) is 9.35. The number of nitriles is 1. The van der Waals surface area contributed by atoms with Gasteiger partial charge in [-0.15, -0.1) is 11.6 Å². The minimum absolute atomic E-state index is 0.616. The summed E-state index contributed by atoms with van der Waals surface area (Å²) in [6, 6.07) is 10.6. The van der Waals surface area contributed by atoms with Gasteiger partial charge in [0, 0.05) is 18.0 Å². The standard InChI is InChI=1S/C19H19ClN4/c1-4-17-23-18-12(2)16(11-21)13(3)22-19(18)24(17)15-7-5-14(6-8-15)9-10-20/h5-8H,4,9-10H2,1-3H3. The highest BCUT2D eigenvalue weighted by atomic mass is 35.5. The summed E-state index contributed by atoms with van der Waals surface area (Å²) < 4.78 is 2.08. The Balaban J connectivity index is 2.25. The molecule has 0 spiro atoms.